The van der Waals surface area contributed by atoms with Crippen molar-refractivity contribution in [2.24, 2.45) is 5.92 Å². The number of hydrogen-bond acceptors (Lipinski definition) is 2. The molecule has 1 saturated carbocycles. The van der Waals surface area contributed by atoms with Crippen molar-refractivity contribution in [2.75, 3.05) is 0 Å². The van der Waals surface area contributed by atoms with Crippen LogP contribution in [0, 0.1) is 12.8 Å². The molecule has 3 heteroatoms. The molecule has 0 aliphatic heterocycles. The predicted molar refractivity (Wildman–Crippen MR) is 93.0 cm³/mol. The quantitative estimate of drug-likeness (QED) is 0.766. The molecule has 1 fully saturated rings. The molecule has 1 aromatic heterocycles. The summed E-state index contributed by atoms with van der Waals surface area (Å²) in [6, 6.07) is 8.28. The van der Waals surface area contributed by atoms with Crippen LogP contribution in [0.15, 0.2) is 49.1 Å². The van der Waals surface area contributed by atoms with Crippen molar-refractivity contribution in [3.05, 3.63) is 60.2 Å². The summed E-state index contributed by atoms with van der Waals surface area (Å²) >= 11 is 0. The Morgan fingerprint density at radius 3 is 2.74 bits per heavy atom. The molecule has 120 valence electrons. The fraction of sp³-hybridized carbons (Fsp3) is 0.400. The maximum Gasteiger partial charge on any atom is 0.159 e. The lowest BCUT2D eigenvalue weighted by atomic mass is 9.85. The maximum absolute atomic E-state index is 12.7. The summed E-state index contributed by atoms with van der Waals surface area (Å²) in [4.78, 5) is 16.8. The second-order valence-electron chi connectivity index (χ2n) is 6.46. The number of aryl methyl sites for hydroxylation is 1. The highest BCUT2D eigenvalue weighted by Crippen LogP contribution is 2.27. The molecule has 3 rings (SSSR count). The van der Waals surface area contributed by atoms with Crippen LogP contribution in [0.1, 0.15) is 43.2 Å². The van der Waals surface area contributed by atoms with Gasteiger partial charge in [-0.3, -0.25) is 4.79 Å². The van der Waals surface area contributed by atoms with Crippen LogP contribution in [-0.2, 0) is 11.3 Å². The maximum atomic E-state index is 12.7. The van der Waals surface area contributed by atoms with E-state index in [0.29, 0.717) is 12.3 Å². The molecule has 0 saturated heterocycles. The first kappa shape index (κ1) is 15.7. The second kappa shape index (κ2) is 7.40. The number of ketones is 1. The Bertz CT molecular complexity index is 679. The van der Waals surface area contributed by atoms with E-state index in [4.69, 9.17) is 0 Å². The zero-order valence-electron chi connectivity index (χ0n) is 13.7. The number of nitrogens with zero attached hydrogens (tertiary/aromatic N) is 2. The van der Waals surface area contributed by atoms with Gasteiger partial charge >= 0.3 is 0 Å². The third kappa shape index (κ3) is 3.98. The molecule has 1 aromatic carbocycles. The van der Waals surface area contributed by atoms with Gasteiger partial charge in [0.05, 0.1) is 6.33 Å². The van der Waals surface area contributed by atoms with Crippen molar-refractivity contribution in [3.8, 4) is 0 Å². The van der Waals surface area contributed by atoms with E-state index in [0.717, 1.165) is 24.0 Å². The van der Waals surface area contributed by atoms with E-state index in [2.05, 4.69) is 24.0 Å². The van der Waals surface area contributed by atoms with Gasteiger partial charge in [-0.05, 0) is 42.5 Å². The minimum Gasteiger partial charge on any atom is -0.333 e. The number of aromatic nitrogens is 2. The first-order valence-corrected chi connectivity index (χ1v) is 8.50. The molecule has 3 nitrogen and oxygen atoms in total. The Balaban J connectivity index is 1.89. The molecule has 0 atom stereocenters. The lowest BCUT2D eigenvalue weighted by Gasteiger charge is -2.20. The highest BCUT2D eigenvalue weighted by molar-refractivity contribution is 5.98. The summed E-state index contributed by atoms with van der Waals surface area (Å²) in [5.41, 5.74) is 3.44. The molecule has 0 N–H and O–H groups in total. The highest BCUT2D eigenvalue weighted by Gasteiger charge is 2.20. The Hall–Kier alpha value is -2.16. The van der Waals surface area contributed by atoms with E-state index in [-0.39, 0.29) is 5.92 Å². The van der Waals surface area contributed by atoms with Gasteiger partial charge in [0.25, 0.3) is 0 Å². The average Bonchev–Trinajstić information content (AvgIpc) is 3.08. The summed E-state index contributed by atoms with van der Waals surface area (Å²) in [5.74, 6) is 0.508. The number of benzene rings is 1. The van der Waals surface area contributed by atoms with E-state index in [1.54, 1.807) is 12.5 Å². The van der Waals surface area contributed by atoms with Gasteiger partial charge < -0.3 is 4.57 Å². The van der Waals surface area contributed by atoms with E-state index in [1.807, 2.05) is 29.0 Å². The van der Waals surface area contributed by atoms with Gasteiger partial charge in [-0.25, -0.2) is 4.98 Å². The van der Waals surface area contributed by atoms with Crippen LogP contribution in [0.25, 0.3) is 5.57 Å². The van der Waals surface area contributed by atoms with Gasteiger partial charge in [0.15, 0.2) is 5.78 Å². The summed E-state index contributed by atoms with van der Waals surface area (Å²) in [5, 5.41) is 0. The minimum atomic E-state index is 0.213. The molecule has 1 aliphatic rings. The SMILES string of the molecule is Cc1ccccc1/C(=C/C(=O)C1CCCCC1)Cn1ccnc1. The van der Waals surface area contributed by atoms with E-state index in [9.17, 15) is 4.79 Å². The van der Waals surface area contributed by atoms with Gasteiger partial charge in [-0.2, -0.15) is 0 Å². The summed E-state index contributed by atoms with van der Waals surface area (Å²) in [7, 11) is 0. The second-order valence-corrected chi connectivity index (χ2v) is 6.46. The number of allylic oxidation sites excluding steroid dienone is 2. The Kier molecular flexibility index (Phi) is 5.06. The van der Waals surface area contributed by atoms with Crippen LogP contribution < -0.4 is 0 Å². The largest absolute Gasteiger partial charge is 0.333 e. The third-order valence-corrected chi connectivity index (χ3v) is 4.73. The number of carbonyl (C=O) groups excluding carboxylic acids is 1. The number of carbonyl (C=O) groups is 1. The lowest BCUT2D eigenvalue weighted by Crippen LogP contribution is -2.16. The minimum absolute atomic E-state index is 0.213. The number of rotatable bonds is 5. The molecule has 1 aliphatic carbocycles. The first-order valence-electron chi connectivity index (χ1n) is 8.50. The molecule has 0 unspecified atom stereocenters. The number of hydrogen-bond donors (Lipinski definition) is 0. The van der Waals surface area contributed by atoms with E-state index >= 15 is 0 Å². The normalized spacial score (nSPS) is 16.5. The predicted octanol–water partition coefficient (Wildman–Crippen LogP) is 4.42. The van der Waals surface area contributed by atoms with Crippen molar-refractivity contribution >= 4 is 11.4 Å². The lowest BCUT2D eigenvalue weighted by molar-refractivity contribution is -0.119. The molecule has 0 bridgehead atoms. The van der Waals surface area contributed by atoms with E-state index < -0.39 is 0 Å². The van der Waals surface area contributed by atoms with Crippen LogP contribution >= 0.6 is 0 Å². The van der Waals surface area contributed by atoms with Gasteiger partial charge in [0, 0.05) is 24.9 Å². The molecule has 23 heavy (non-hydrogen) atoms. The smallest absolute Gasteiger partial charge is 0.159 e. The van der Waals surface area contributed by atoms with Gasteiger partial charge in [0.1, 0.15) is 0 Å². The molecule has 0 spiro atoms. The van der Waals surface area contributed by atoms with Crippen LogP contribution in [-0.4, -0.2) is 15.3 Å². The summed E-state index contributed by atoms with van der Waals surface area (Å²) < 4.78 is 2.02. The van der Waals surface area contributed by atoms with Gasteiger partial charge in [-0.15, -0.1) is 0 Å². The molecule has 0 amide bonds. The Morgan fingerprint density at radius 1 is 1.26 bits per heavy atom. The van der Waals surface area contributed by atoms with Crippen molar-refractivity contribution in [1.29, 1.82) is 0 Å². The van der Waals surface area contributed by atoms with E-state index in [1.165, 1.54) is 24.8 Å². The van der Waals surface area contributed by atoms with Crippen LogP contribution in [0.4, 0.5) is 0 Å². The van der Waals surface area contributed by atoms with Crippen molar-refractivity contribution in [1.82, 2.24) is 9.55 Å². The van der Waals surface area contributed by atoms with Crippen molar-refractivity contribution in [3.63, 3.8) is 0 Å². The van der Waals surface area contributed by atoms with Crippen LogP contribution in [0.3, 0.4) is 0 Å². The fourth-order valence-corrected chi connectivity index (χ4v) is 3.40. The first-order chi connectivity index (χ1) is 11.2. The standard InChI is InChI=1S/C20H24N2O/c1-16-7-5-6-10-19(16)18(14-22-12-11-21-15-22)13-20(23)17-8-3-2-4-9-17/h5-7,10-13,15,17H,2-4,8-9,14H2,1H3/b18-13+. The Labute approximate surface area is 138 Å². The van der Waals surface area contributed by atoms with Gasteiger partial charge in [0.2, 0.25) is 0 Å². The monoisotopic (exact) mass is 308 g/mol. The third-order valence-electron chi connectivity index (χ3n) is 4.73. The molecule has 2 aromatic rings. The fourth-order valence-electron chi connectivity index (χ4n) is 3.40. The topological polar surface area (TPSA) is 34.9 Å². The summed E-state index contributed by atoms with van der Waals surface area (Å²) in [6.07, 6.45) is 13.1. The molecular formula is C20H24N2O. The molecule has 0 radical (unpaired) electrons. The summed E-state index contributed by atoms with van der Waals surface area (Å²) in [6.45, 7) is 2.78. The van der Waals surface area contributed by atoms with Crippen LogP contribution in [0.2, 0.25) is 0 Å². The van der Waals surface area contributed by atoms with Crippen molar-refractivity contribution in [2.45, 2.75) is 45.6 Å². The van der Waals surface area contributed by atoms with Crippen LogP contribution in [0.5, 0.6) is 0 Å². The van der Waals surface area contributed by atoms with Crippen molar-refractivity contribution < 1.29 is 4.79 Å². The Morgan fingerprint density at radius 2 is 2.04 bits per heavy atom. The van der Waals surface area contributed by atoms with Gasteiger partial charge in [-0.1, -0.05) is 43.5 Å². The molecular weight excluding hydrogens is 284 g/mol. The zero-order valence-corrected chi connectivity index (χ0v) is 13.7. The highest BCUT2D eigenvalue weighted by atomic mass is 16.1. The average molecular weight is 308 g/mol. The zero-order chi connectivity index (χ0) is 16.1. The molecule has 1 heterocycles. The number of imidazole rings is 1.